The van der Waals surface area contributed by atoms with Crippen LogP contribution in [0.1, 0.15) is 226 Å². The fourth-order valence-electron chi connectivity index (χ4n) is 7.72. The third kappa shape index (κ3) is 66.4. The standard InChI is InChI=1S/C77H114O6/c1-4-7-10-13-15-17-19-21-23-25-27-29-31-33-35-36-37-38-39-40-42-43-45-47-49-51-53-55-57-59-61-64-67-70-76(79)82-73-74(72-81-75(78)69-66-63-12-9-6-3)83-77(80)71-68-65-62-60-58-56-54-52-50-48-46-44-41-34-32-30-28-26-24-22-20-18-16-14-11-8-5-2/h7-8,10-11,15-18,21-24,27-30,33-35,37-38,40-42,45-48,51-54,57-60,74H,4-6,9,12-14,19-20,25-26,31-32,36,39,43-44,49-50,55-56,61-73H2,1-3H3/b10-7-,11-8-,17-15-,18-16-,23-21-,24-22-,29-27-,30-28-,35-33-,38-37-,41-34-,42-40-,47-45-,48-46-,53-51-,54-52-,59-57-,60-58-. The van der Waals surface area contributed by atoms with Gasteiger partial charge in [0.1, 0.15) is 13.2 Å². The lowest BCUT2D eigenvalue weighted by molar-refractivity contribution is -0.167. The summed E-state index contributed by atoms with van der Waals surface area (Å²) in [6.07, 6.45) is 107. The van der Waals surface area contributed by atoms with Crippen molar-refractivity contribution < 1.29 is 28.6 Å². The van der Waals surface area contributed by atoms with Crippen molar-refractivity contribution in [2.75, 3.05) is 13.2 Å². The van der Waals surface area contributed by atoms with E-state index in [0.717, 1.165) is 173 Å². The third-order valence-corrected chi connectivity index (χ3v) is 12.5. The molecule has 0 fully saturated rings. The van der Waals surface area contributed by atoms with Crippen LogP contribution in [0.4, 0.5) is 0 Å². The molecular weight excluding hydrogens is 1020 g/mol. The van der Waals surface area contributed by atoms with E-state index in [-0.39, 0.29) is 44.0 Å². The molecule has 0 aliphatic carbocycles. The van der Waals surface area contributed by atoms with Crippen LogP contribution in [0.3, 0.4) is 0 Å². The molecule has 0 aliphatic rings. The van der Waals surface area contributed by atoms with Gasteiger partial charge in [0.05, 0.1) is 0 Å². The molecule has 0 amide bonds. The van der Waals surface area contributed by atoms with Crippen LogP contribution in [-0.2, 0) is 28.6 Å². The molecular formula is C77H114O6. The summed E-state index contributed by atoms with van der Waals surface area (Å²) in [7, 11) is 0. The van der Waals surface area contributed by atoms with Crippen LogP contribution in [0.5, 0.6) is 0 Å². The Bertz CT molecular complexity index is 2080. The summed E-state index contributed by atoms with van der Waals surface area (Å²) in [6, 6.07) is 0. The van der Waals surface area contributed by atoms with Crippen molar-refractivity contribution in [3.8, 4) is 0 Å². The average Bonchev–Trinajstić information content (AvgIpc) is 3.49. The summed E-state index contributed by atoms with van der Waals surface area (Å²) in [4.78, 5) is 37.9. The molecule has 6 heteroatoms. The lowest BCUT2D eigenvalue weighted by Gasteiger charge is -2.18. The van der Waals surface area contributed by atoms with Gasteiger partial charge >= 0.3 is 17.9 Å². The maximum atomic E-state index is 12.8. The van der Waals surface area contributed by atoms with E-state index in [0.29, 0.717) is 19.3 Å². The van der Waals surface area contributed by atoms with Crippen LogP contribution in [-0.4, -0.2) is 37.2 Å². The number of hydrogen-bond donors (Lipinski definition) is 0. The monoisotopic (exact) mass is 1130 g/mol. The number of allylic oxidation sites excluding steroid dienone is 36. The molecule has 458 valence electrons. The van der Waals surface area contributed by atoms with Crippen LogP contribution < -0.4 is 0 Å². The zero-order valence-corrected chi connectivity index (χ0v) is 52.4. The third-order valence-electron chi connectivity index (χ3n) is 12.5. The van der Waals surface area contributed by atoms with E-state index >= 15 is 0 Å². The molecule has 0 rings (SSSR count). The molecule has 1 unspecified atom stereocenters. The number of unbranched alkanes of at least 4 members (excludes halogenated alkanes) is 8. The van der Waals surface area contributed by atoms with Crippen molar-refractivity contribution >= 4 is 17.9 Å². The Morgan fingerprint density at radius 2 is 0.470 bits per heavy atom. The topological polar surface area (TPSA) is 78.9 Å². The van der Waals surface area contributed by atoms with Crippen LogP contribution in [0.15, 0.2) is 219 Å². The maximum Gasteiger partial charge on any atom is 0.306 e. The van der Waals surface area contributed by atoms with E-state index < -0.39 is 6.10 Å². The molecule has 0 saturated carbocycles. The average molecular weight is 1140 g/mol. The molecule has 0 N–H and O–H groups in total. The highest BCUT2D eigenvalue weighted by atomic mass is 16.6. The number of carbonyl (C=O) groups is 3. The summed E-state index contributed by atoms with van der Waals surface area (Å²) in [5.74, 6) is -1.04. The van der Waals surface area contributed by atoms with Crippen molar-refractivity contribution in [1.29, 1.82) is 0 Å². The molecule has 83 heavy (non-hydrogen) atoms. The van der Waals surface area contributed by atoms with E-state index in [1.54, 1.807) is 0 Å². The summed E-state index contributed by atoms with van der Waals surface area (Å²) < 4.78 is 16.7. The summed E-state index contributed by atoms with van der Waals surface area (Å²) in [5.41, 5.74) is 0. The second-order valence-corrected chi connectivity index (χ2v) is 20.2. The molecule has 6 nitrogen and oxygen atoms in total. The van der Waals surface area contributed by atoms with Crippen molar-refractivity contribution in [1.82, 2.24) is 0 Å². The predicted octanol–water partition coefficient (Wildman–Crippen LogP) is 22.5. The minimum Gasteiger partial charge on any atom is -0.462 e. The zero-order chi connectivity index (χ0) is 59.9. The van der Waals surface area contributed by atoms with Gasteiger partial charge < -0.3 is 14.2 Å². The Morgan fingerprint density at radius 1 is 0.253 bits per heavy atom. The van der Waals surface area contributed by atoms with Gasteiger partial charge in [0.15, 0.2) is 6.10 Å². The highest BCUT2D eigenvalue weighted by molar-refractivity contribution is 5.71. The van der Waals surface area contributed by atoms with Crippen molar-refractivity contribution in [2.45, 2.75) is 232 Å². The fraction of sp³-hybridized carbons (Fsp3) is 0.494. The van der Waals surface area contributed by atoms with Gasteiger partial charge in [-0.25, -0.2) is 0 Å². The van der Waals surface area contributed by atoms with E-state index in [2.05, 4.69) is 240 Å². The largest absolute Gasteiger partial charge is 0.462 e. The minimum atomic E-state index is -0.831. The molecule has 0 aromatic carbocycles. The van der Waals surface area contributed by atoms with Crippen molar-refractivity contribution in [2.24, 2.45) is 0 Å². The van der Waals surface area contributed by atoms with Crippen LogP contribution in [0, 0.1) is 0 Å². The number of esters is 3. The Kier molecular flexibility index (Phi) is 63.1. The summed E-state index contributed by atoms with van der Waals surface area (Å²) in [6.45, 7) is 6.22. The van der Waals surface area contributed by atoms with Crippen LogP contribution in [0.2, 0.25) is 0 Å². The number of rotatable bonds is 55. The van der Waals surface area contributed by atoms with Crippen molar-refractivity contribution in [3.63, 3.8) is 0 Å². The maximum absolute atomic E-state index is 12.8. The summed E-state index contributed by atoms with van der Waals surface area (Å²) in [5, 5.41) is 0. The molecule has 0 radical (unpaired) electrons. The molecule has 0 bridgehead atoms. The van der Waals surface area contributed by atoms with E-state index in [4.69, 9.17) is 14.2 Å². The van der Waals surface area contributed by atoms with E-state index in [9.17, 15) is 14.4 Å². The first kappa shape index (κ1) is 76.7. The Balaban J connectivity index is 4.29. The second kappa shape index (κ2) is 68.2. The Hall–Kier alpha value is -6.27. The van der Waals surface area contributed by atoms with Gasteiger partial charge in [-0.05, 0) is 161 Å². The summed E-state index contributed by atoms with van der Waals surface area (Å²) >= 11 is 0. The van der Waals surface area contributed by atoms with Gasteiger partial charge in [0, 0.05) is 19.3 Å². The molecule has 0 aromatic heterocycles. The Morgan fingerprint density at radius 3 is 0.723 bits per heavy atom. The van der Waals surface area contributed by atoms with Gasteiger partial charge in [0.2, 0.25) is 0 Å². The quantitative estimate of drug-likeness (QED) is 0.0261. The molecule has 0 saturated heterocycles. The lowest BCUT2D eigenvalue weighted by atomic mass is 10.1. The first-order valence-electron chi connectivity index (χ1n) is 32.2. The number of ether oxygens (including phenoxy) is 3. The molecule has 0 aromatic rings. The van der Waals surface area contributed by atoms with E-state index in [1.165, 1.54) is 0 Å². The van der Waals surface area contributed by atoms with Gasteiger partial charge in [-0.15, -0.1) is 0 Å². The van der Waals surface area contributed by atoms with Gasteiger partial charge in [-0.3, -0.25) is 14.4 Å². The first-order valence-corrected chi connectivity index (χ1v) is 32.2. The second-order valence-electron chi connectivity index (χ2n) is 20.2. The number of hydrogen-bond acceptors (Lipinski definition) is 6. The fourth-order valence-corrected chi connectivity index (χ4v) is 7.72. The predicted molar refractivity (Wildman–Crippen MR) is 361 cm³/mol. The van der Waals surface area contributed by atoms with Gasteiger partial charge in [0.25, 0.3) is 0 Å². The molecule has 0 heterocycles. The minimum absolute atomic E-state index is 0.123. The molecule has 1 atom stereocenters. The first-order chi connectivity index (χ1) is 41.0. The van der Waals surface area contributed by atoms with Crippen LogP contribution >= 0.6 is 0 Å². The van der Waals surface area contributed by atoms with Crippen LogP contribution in [0.25, 0.3) is 0 Å². The smallest absolute Gasteiger partial charge is 0.306 e. The van der Waals surface area contributed by atoms with Crippen molar-refractivity contribution in [3.05, 3.63) is 219 Å². The molecule has 0 aliphatic heterocycles. The van der Waals surface area contributed by atoms with Gasteiger partial charge in [-0.1, -0.05) is 265 Å². The highest BCUT2D eigenvalue weighted by Crippen LogP contribution is 2.11. The number of carbonyl (C=O) groups excluding carboxylic acids is 3. The normalized spacial score (nSPS) is 13.6. The zero-order valence-electron chi connectivity index (χ0n) is 52.4. The SMILES string of the molecule is CC/C=C\C/C=C\C/C=C\C/C=C\C/C=C\C/C=C\C/C=C\C/C=C\C/C=C\C/C=C\CCCCC(=O)OCC(COC(=O)CCCCCCC)OC(=O)CCCC/C=C\C/C=C\C/C=C\C/C=C\C/C=C\C/C=C\C/C=C\C/C=C\CC. The Labute approximate surface area is 508 Å². The molecule has 0 spiro atoms. The van der Waals surface area contributed by atoms with E-state index in [1.807, 2.05) is 0 Å². The highest BCUT2D eigenvalue weighted by Gasteiger charge is 2.19. The van der Waals surface area contributed by atoms with Gasteiger partial charge in [-0.2, -0.15) is 0 Å². The lowest BCUT2D eigenvalue weighted by Crippen LogP contribution is -2.30.